The van der Waals surface area contributed by atoms with Gasteiger partial charge in [-0.15, -0.1) is 0 Å². The second-order valence-corrected chi connectivity index (χ2v) is 7.26. The molecular weight excluding hydrogens is 323 g/mol. The van der Waals surface area contributed by atoms with Gasteiger partial charge >= 0.3 is 0 Å². The highest BCUT2D eigenvalue weighted by molar-refractivity contribution is 7.88. The first-order valence-corrected chi connectivity index (χ1v) is 8.76. The molecule has 20 heavy (non-hydrogen) atoms. The summed E-state index contributed by atoms with van der Waals surface area (Å²) in [5.41, 5.74) is 0.796. The Morgan fingerprint density at radius 2 is 2.10 bits per heavy atom. The van der Waals surface area contributed by atoms with Crippen molar-refractivity contribution < 1.29 is 13.2 Å². The number of hydrogen-bond donors (Lipinski definition) is 2. The molecule has 0 spiro atoms. The monoisotopic (exact) mass is 338 g/mol. The van der Waals surface area contributed by atoms with Crippen molar-refractivity contribution in [2.24, 2.45) is 0 Å². The fourth-order valence-electron chi connectivity index (χ4n) is 2.14. The topological polar surface area (TPSA) is 67.4 Å². The van der Waals surface area contributed by atoms with Crippen LogP contribution in [0.3, 0.4) is 0 Å². The summed E-state index contributed by atoms with van der Waals surface area (Å²) in [7, 11) is -3.33. The molecule has 1 aliphatic rings. The van der Waals surface area contributed by atoms with Gasteiger partial charge < -0.3 is 10.1 Å². The molecule has 1 heterocycles. The van der Waals surface area contributed by atoms with Crippen LogP contribution < -0.4 is 10.0 Å². The lowest BCUT2D eigenvalue weighted by molar-refractivity contribution is 0.0494. The average molecular weight is 339 g/mol. The number of ether oxygens (including phenoxy) is 1. The fraction of sp³-hybridized carbons (Fsp3) is 0.500. The second-order valence-electron chi connectivity index (χ2n) is 4.67. The predicted octanol–water partition coefficient (Wildman–Crippen LogP) is 1.57. The van der Waals surface area contributed by atoms with Crippen LogP contribution in [0, 0.1) is 0 Å². The van der Waals surface area contributed by atoms with E-state index >= 15 is 0 Å². The van der Waals surface area contributed by atoms with E-state index in [0.29, 0.717) is 29.7 Å². The Morgan fingerprint density at radius 3 is 2.75 bits per heavy atom. The molecule has 0 amide bonds. The molecule has 5 nitrogen and oxygen atoms in total. The molecule has 0 aliphatic carbocycles. The van der Waals surface area contributed by atoms with Crippen molar-refractivity contribution in [3.8, 4) is 0 Å². The Bertz CT molecular complexity index is 580. The van der Waals surface area contributed by atoms with E-state index in [0.717, 1.165) is 11.8 Å². The molecule has 1 fully saturated rings. The van der Waals surface area contributed by atoms with Crippen molar-refractivity contribution >= 4 is 33.2 Å². The van der Waals surface area contributed by atoms with Crippen LogP contribution in [0.15, 0.2) is 18.2 Å². The van der Waals surface area contributed by atoms with E-state index in [1.807, 2.05) is 0 Å². The summed E-state index contributed by atoms with van der Waals surface area (Å²) in [6.07, 6.45) is 0.721. The zero-order valence-electron chi connectivity index (χ0n) is 10.9. The van der Waals surface area contributed by atoms with Crippen LogP contribution >= 0.6 is 23.2 Å². The molecule has 0 aromatic heterocycles. The van der Waals surface area contributed by atoms with Gasteiger partial charge in [-0.1, -0.05) is 29.3 Å². The van der Waals surface area contributed by atoms with Gasteiger partial charge in [0.2, 0.25) is 10.0 Å². The van der Waals surface area contributed by atoms with E-state index in [1.54, 1.807) is 18.2 Å². The standard InChI is InChI=1S/C12H16Cl2N2O3S/c1-20(17,18)16-11-7-15-4-5-19-12(11)8-2-3-9(13)10(14)6-8/h2-3,6,11-12,15-16H,4-5,7H2,1H3/t11-,12-/m1/s1. The van der Waals surface area contributed by atoms with E-state index < -0.39 is 22.2 Å². The number of benzene rings is 1. The first kappa shape index (κ1) is 16.0. The lowest BCUT2D eigenvalue weighted by Crippen LogP contribution is -2.44. The van der Waals surface area contributed by atoms with Crippen molar-refractivity contribution in [3.05, 3.63) is 33.8 Å². The maximum absolute atomic E-state index is 11.5. The summed E-state index contributed by atoms with van der Waals surface area (Å²) < 4.78 is 31.3. The highest BCUT2D eigenvalue weighted by Gasteiger charge is 2.28. The molecule has 2 N–H and O–H groups in total. The van der Waals surface area contributed by atoms with Crippen LogP contribution in [0.2, 0.25) is 10.0 Å². The van der Waals surface area contributed by atoms with Crippen LogP contribution in [0.1, 0.15) is 11.7 Å². The molecule has 1 aliphatic heterocycles. The van der Waals surface area contributed by atoms with Crippen molar-refractivity contribution in [2.45, 2.75) is 12.1 Å². The molecule has 0 saturated carbocycles. The normalized spacial score (nSPS) is 24.4. The molecule has 1 aromatic rings. The number of nitrogens with one attached hydrogen (secondary N) is 2. The molecule has 2 atom stereocenters. The lowest BCUT2D eigenvalue weighted by Gasteiger charge is -2.25. The number of sulfonamides is 1. The SMILES string of the molecule is CS(=O)(=O)N[C@@H]1CNCCO[C@@H]1c1ccc(Cl)c(Cl)c1. The van der Waals surface area contributed by atoms with Crippen LogP contribution in [0.5, 0.6) is 0 Å². The maximum atomic E-state index is 11.5. The summed E-state index contributed by atoms with van der Waals surface area (Å²) in [5.74, 6) is 0. The minimum absolute atomic E-state index is 0.398. The summed E-state index contributed by atoms with van der Waals surface area (Å²) in [6, 6.07) is 4.78. The van der Waals surface area contributed by atoms with Gasteiger partial charge in [-0.2, -0.15) is 0 Å². The van der Waals surface area contributed by atoms with Gasteiger partial charge in [0.05, 0.1) is 28.9 Å². The van der Waals surface area contributed by atoms with Crippen LogP contribution in [0.4, 0.5) is 0 Å². The molecule has 1 aromatic carbocycles. The molecule has 0 unspecified atom stereocenters. The highest BCUT2D eigenvalue weighted by Crippen LogP contribution is 2.29. The van der Waals surface area contributed by atoms with Crippen molar-refractivity contribution in [1.29, 1.82) is 0 Å². The third-order valence-corrected chi connectivity index (χ3v) is 4.41. The van der Waals surface area contributed by atoms with Gasteiger partial charge in [0.1, 0.15) is 6.10 Å². The van der Waals surface area contributed by atoms with E-state index in [9.17, 15) is 8.42 Å². The van der Waals surface area contributed by atoms with Crippen molar-refractivity contribution in [3.63, 3.8) is 0 Å². The van der Waals surface area contributed by atoms with E-state index in [2.05, 4.69) is 10.0 Å². The molecular formula is C12H16Cl2N2O3S. The molecule has 112 valence electrons. The Kier molecular flexibility index (Phi) is 5.28. The van der Waals surface area contributed by atoms with Gasteiger partial charge in [-0.05, 0) is 17.7 Å². The maximum Gasteiger partial charge on any atom is 0.209 e. The molecule has 0 radical (unpaired) electrons. The number of hydrogen-bond acceptors (Lipinski definition) is 4. The Labute approximate surface area is 128 Å². The zero-order valence-corrected chi connectivity index (χ0v) is 13.2. The van der Waals surface area contributed by atoms with Gasteiger partial charge in [0, 0.05) is 13.1 Å². The third kappa shape index (κ3) is 4.31. The fourth-order valence-corrected chi connectivity index (χ4v) is 3.20. The zero-order chi connectivity index (χ0) is 14.8. The lowest BCUT2D eigenvalue weighted by atomic mass is 10.0. The van der Waals surface area contributed by atoms with Gasteiger partial charge in [-0.25, -0.2) is 13.1 Å². The molecule has 2 rings (SSSR count). The van der Waals surface area contributed by atoms with Gasteiger partial charge in [0.25, 0.3) is 0 Å². The molecule has 8 heteroatoms. The van der Waals surface area contributed by atoms with E-state index in [4.69, 9.17) is 27.9 Å². The first-order chi connectivity index (χ1) is 9.37. The Hall–Kier alpha value is -0.370. The van der Waals surface area contributed by atoms with Gasteiger partial charge in [-0.3, -0.25) is 0 Å². The highest BCUT2D eigenvalue weighted by atomic mass is 35.5. The van der Waals surface area contributed by atoms with Crippen LogP contribution in [-0.2, 0) is 14.8 Å². The quantitative estimate of drug-likeness (QED) is 0.877. The Balaban J connectivity index is 2.29. The molecule has 1 saturated heterocycles. The van der Waals surface area contributed by atoms with Crippen LogP contribution in [-0.4, -0.2) is 40.4 Å². The van der Waals surface area contributed by atoms with E-state index in [1.165, 1.54) is 0 Å². The molecule has 0 bridgehead atoms. The van der Waals surface area contributed by atoms with Gasteiger partial charge in [0.15, 0.2) is 0 Å². The number of halogens is 2. The average Bonchev–Trinajstić information content (AvgIpc) is 2.56. The number of rotatable bonds is 3. The first-order valence-electron chi connectivity index (χ1n) is 6.11. The van der Waals surface area contributed by atoms with E-state index in [-0.39, 0.29) is 0 Å². The second kappa shape index (κ2) is 6.60. The minimum Gasteiger partial charge on any atom is -0.370 e. The largest absolute Gasteiger partial charge is 0.370 e. The minimum atomic E-state index is -3.33. The Morgan fingerprint density at radius 1 is 1.35 bits per heavy atom. The summed E-state index contributed by atoms with van der Waals surface area (Å²) in [6.45, 7) is 1.64. The van der Waals surface area contributed by atoms with Crippen molar-refractivity contribution in [1.82, 2.24) is 10.0 Å². The van der Waals surface area contributed by atoms with Crippen molar-refractivity contribution in [2.75, 3.05) is 26.0 Å². The summed E-state index contributed by atoms with van der Waals surface area (Å²) in [4.78, 5) is 0. The third-order valence-electron chi connectivity index (χ3n) is 2.94. The summed E-state index contributed by atoms with van der Waals surface area (Å²) in [5, 5.41) is 4.01. The smallest absolute Gasteiger partial charge is 0.209 e. The predicted molar refractivity (Wildman–Crippen MR) is 79.8 cm³/mol. The van der Waals surface area contributed by atoms with Crippen LogP contribution in [0.25, 0.3) is 0 Å². The summed E-state index contributed by atoms with van der Waals surface area (Å²) >= 11 is 11.9.